The van der Waals surface area contributed by atoms with Crippen LogP contribution in [0.15, 0.2) is 11.7 Å². The fourth-order valence-electron chi connectivity index (χ4n) is 2.18. The number of nitrogens with zero attached hydrogens (tertiary/aromatic N) is 5. The standard InChI is InChI=1S/C14H16N6OS2/c1-8-6-22-11(17-8)4-5-15-13(21)12-9(2)10(3)23-14(12)20-7-16-18-19-20/h6-7H,4-5H2,1-3H3,(H,15,21). The van der Waals surface area contributed by atoms with Crippen LogP contribution in [0.2, 0.25) is 0 Å². The van der Waals surface area contributed by atoms with Gasteiger partial charge in [-0.15, -0.1) is 27.8 Å². The van der Waals surface area contributed by atoms with Crippen LogP contribution >= 0.6 is 22.7 Å². The van der Waals surface area contributed by atoms with Gasteiger partial charge < -0.3 is 5.32 Å². The molecule has 23 heavy (non-hydrogen) atoms. The van der Waals surface area contributed by atoms with E-state index in [9.17, 15) is 4.79 Å². The van der Waals surface area contributed by atoms with Crippen molar-refractivity contribution >= 4 is 28.6 Å². The smallest absolute Gasteiger partial charge is 0.254 e. The molecule has 3 aromatic heterocycles. The molecule has 0 atom stereocenters. The Labute approximate surface area is 141 Å². The summed E-state index contributed by atoms with van der Waals surface area (Å²) >= 11 is 3.12. The molecule has 0 saturated heterocycles. The first-order valence-corrected chi connectivity index (χ1v) is 8.78. The number of hydrogen-bond donors (Lipinski definition) is 1. The van der Waals surface area contributed by atoms with Crippen molar-refractivity contribution < 1.29 is 4.79 Å². The molecule has 0 radical (unpaired) electrons. The lowest BCUT2D eigenvalue weighted by Gasteiger charge is -2.06. The molecule has 0 fully saturated rings. The third-order valence-corrected chi connectivity index (χ3v) is 5.67. The normalized spacial score (nSPS) is 10.9. The van der Waals surface area contributed by atoms with Crippen LogP contribution in [0.3, 0.4) is 0 Å². The highest BCUT2D eigenvalue weighted by atomic mass is 32.1. The molecule has 0 aliphatic heterocycles. The Kier molecular flexibility index (Phi) is 4.49. The van der Waals surface area contributed by atoms with Crippen LogP contribution in [0, 0.1) is 20.8 Å². The lowest BCUT2D eigenvalue weighted by atomic mass is 10.1. The summed E-state index contributed by atoms with van der Waals surface area (Å²) in [5.74, 6) is -0.106. The summed E-state index contributed by atoms with van der Waals surface area (Å²) in [6.45, 7) is 6.45. The summed E-state index contributed by atoms with van der Waals surface area (Å²) in [4.78, 5) is 18.1. The van der Waals surface area contributed by atoms with E-state index in [4.69, 9.17) is 0 Å². The Hall–Kier alpha value is -2.13. The minimum atomic E-state index is -0.106. The third-order valence-electron chi connectivity index (χ3n) is 3.44. The second-order valence-electron chi connectivity index (χ2n) is 5.11. The summed E-state index contributed by atoms with van der Waals surface area (Å²) in [6.07, 6.45) is 2.23. The van der Waals surface area contributed by atoms with Gasteiger partial charge in [0.25, 0.3) is 5.91 Å². The van der Waals surface area contributed by atoms with E-state index >= 15 is 0 Å². The summed E-state index contributed by atoms with van der Waals surface area (Å²) in [5.41, 5.74) is 2.61. The number of nitrogens with one attached hydrogen (secondary N) is 1. The molecule has 3 heterocycles. The van der Waals surface area contributed by atoms with E-state index in [0.29, 0.717) is 12.1 Å². The Morgan fingerprint density at radius 2 is 2.17 bits per heavy atom. The summed E-state index contributed by atoms with van der Waals surface area (Å²) in [6, 6.07) is 0. The van der Waals surface area contributed by atoms with Crippen molar-refractivity contribution in [1.82, 2.24) is 30.5 Å². The first-order valence-electron chi connectivity index (χ1n) is 7.09. The van der Waals surface area contributed by atoms with Gasteiger partial charge in [-0.1, -0.05) is 0 Å². The molecule has 3 rings (SSSR count). The largest absolute Gasteiger partial charge is 0.352 e. The van der Waals surface area contributed by atoms with Crippen LogP contribution in [-0.2, 0) is 6.42 Å². The molecule has 0 spiro atoms. The topological polar surface area (TPSA) is 85.6 Å². The molecule has 0 aliphatic rings. The molecule has 1 N–H and O–H groups in total. The quantitative estimate of drug-likeness (QED) is 0.763. The molecule has 9 heteroatoms. The van der Waals surface area contributed by atoms with Crippen molar-refractivity contribution in [3.8, 4) is 5.00 Å². The van der Waals surface area contributed by atoms with Gasteiger partial charge in [0.1, 0.15) is 11.3 Å². The SMILES string of the molecule is Cc1csc(CCNC(=O)c2c(-n3cnnn3)sc(C)c2C)n1. The maximum absolute atomic E-state index is 12.6. The van der Waals surface area contributed by atoms with Gasteiger partial charge in [-0.3, -0.25) is 4.79 Å². The second-order valence-corrected chi connectivity index (χ2v) is 7.25. The molecule has 3 aromatic rings. The van der Waals surface area contributed by atoms with Crippen LogP contribution in [0.25, 0.3) is 5.00 Å². The van der Waals surface area contributed by atoms with Gasteiger partial charge in [0.05, 0.1) is 10.6 Å². The maximum Gasteiger partial charge on any atom is 0.254 e. The van der Waals surface area contributed by atoms with E-state index in [1.165, 1.54) is 22.3 Å². The molecular weight excluding hydrogens is 332 g/mol. The van der Waals surface area contributed by atoms with Crippen molar-refractivity contribution in [1.29, 1.82) is 0 Å². The lowest BCUT2D eigenvalue weighted by molar-refractivity contribution is 0.0954. The van der Waals surface area contributed by atoms with Crippen molar-refractivity contribution in [3.05, 3.63) is 38.4 Å². The second kappa shape index (κ2) is 6.55. The fourth-order valence-corrected chi connectivity index (χ4v) is 4.03. The van der Waals surface area contributed by atoms with E-state index in [0.717, 1.165) is 32.6 Å². The van der Waals surface area contributed by atoms with Gasteiger partial charge in [0.15, 0.2) is 0 Å². The van der Waals surface area contributed by atoms with Gasteiger partial charge in [0, 0.05) is 28.9 Å². The van der Waals surface area contributed by atoms with Gasteiger partial charge in [-0.25, -0.2) is 4.98 Å². The summed E-state index contributed by atoms with van der Waals surface area (Å²) < 4.78 is 1.53. The average molecular weight is 348 g/mol. The zero-order chi connectivity index (χ0) is 16.4. The number of rotatable bonds is 5. The van der Waals surface area contributed by atoms with Crippen LogP contribution in [0.4, 0.5) is 0 Å². The molecule has 0 aliphatic carbocycles. The number of aromatic nitrogens is 5. The summed E-state index contributed by atoms with van der Waals surface area (Å²) in [7, 11) is 0. The highest BCUT2D eigenvalue weighted by Gasteiger charge is 2.21. The van der Waals surface area contributed by atoms with Crippen molar-refractivity contribution in [3.63, 3.8) is 0 Å². The highest BCUT2D eigenvalue weighted by Crippen LogP contribution is 2.30. The minimum absolute atomic E-state index is 0.106. The molecular formula is C14H16N6OS2. The Balaban J connectivity index is 1.74. The number of thiophene rings is 1. The average Bonchev–Trinajstić information content (AvgIpc) is 3.22. The number of hydrogen-bond acceptors (Lipinski definition) is 7. The zero-order valence-electron chi connectivity index (χ0n) is 13.0. The zero-order valence-corrected chi connectivity index (χ0v) is 14.7. The Bertz CT molecular complexity index is 821. The Morgan fingerprint density at radius 3 is 2.83 bits per heavy atom. The summed E-state index contributed by atoms with van der Waals surface area (Å²) in [5, 5.41) is 17.9. The predicted octanol–water partition coefficient (Wildman–Crippen LogP) is 2.08. The number of amides is 1. The molecule has 0 bridgehead atoms. The number of aryl methyl sites for hydroxylation is 2. The number of tetrazole rings is 1. The number of thiazole rings is 1. The van der Waals surface area contributed by atoms with Gasteiger partial charge >= 0.3 is 0 Å². The van der Waals surface area contributed by atoms with Crippen LogP contribution in [0.1, 0.15) is 31.5 Å². The van der Waals surface area contributed by atoms with Crippen molar-refractivity contribution in [2.24, 2.45) is 0 Å². The molecule has 0 aromatic carbocycles. The molecule has 1 amide bonds. The van der Waals surface area contributed by atoms with E-state index < -0.39 is 0 Å². The molecule has 7 nitrogen and oxygen atoms in total. The van der Waals surface area contributed by atoms with Gasteiger partial charge in [-0.2, -0.15) is 4.68 Å². The number of carbonyl (C=O) groups excluding carboxylic acids is 1. The van der Waals surface area contributed by atoms with Crippen LogP contribution in [-0.4, -0.2) is 37.6 Å². The monoisotopic (exact) mass is 348 g/mol. The highest BCUT2D eigenvalue weighted by molar-refractivity contribution is 7.15. The fraction of sp³-hybridized carbons (Fsp3) is 0.357. The predicted molar refractivity (Wildman–Crippen MR) is 89.4 cm³/mol. The molecule has 0 saturated carbocycles. The van der Waals surface area contributed by atoms with Crippen molar-refractivity contribution in [2.45, 2.75) is 27.2 Å². The number of carbonyl (C=O) groups is 1. The Morgan fingerprint density at radius 1 is 1.35 bits per heavy atom. The van der Waals surface area contributed by atoms with Gasteiger partial charge in [0.2, 0.25) is 0 Å². The van der Waals surface area contributed by atoms with Crippen LogP contribution in [0.5, 0.6) is 0 Å². The molecule has 0 unspecified atom stereocenters. The lowest BCUT2D eigenvalue weighted by Crippen LogP contribution is -2.27. The third kappa shape index (κ3) is 3.30. The molecule has 120 valence electrons. The van der Waals surface area contributed by atoms with E-state index in [-0.39, 0.29) is 5.91 Å². The minimum Gasteiger partial charge on any atom is -0.352 e. The first kappa shape index (κ1) is 15.8. The van der Waals surface area contributed by atoms with E-state index in [1.54, 1.807) is 11.3 Å². The van der Waals surface area contributed by atoms with E-state index in [1.807, 2.05) is 26.2 Å². The van der Waals surface area contributed by atoms with Crippen LogP contribution < -0.4 is 5.32 Å². The van der Waals surface area contributed by atoms with E-state index in [2.05, 4.69) is 25.8 Å². The first-order chi connectivity index (χ1) is 11.1. The maximum atomic E-state index is 12.6. The van der Waals surface area contributed by atoms with Gasteiger partial charge in [-0.05, 0) is 36.8 Å². The van der Waals surface area contributed by atoms with Crippen molar-refractivity contribution in [2.75, 3.05) is 6.54 Å².